The number of likely N-dealkylation sites (N-methyl/N-ethyl adjacent to an activating group) is 2. The normalized spacial score (nSPS) is 18.0. The Labute approximate surface area is 445 Å². The van der Waals surface area contributed by atoms with Crippen LogP contribution < -0.4 is 27.4 Å². The zero-order valence-electron chi connectivity index (χ0n) is 46.9. The molecule has 19 heteroatoms. The van der Waals surface area contributed by atoms with Crippen LogP contribution in [0.15, 0.2) is 35.8 Å². The number of nitrogens with one attached hydrogen (secondary N) is 3. The number of hydrogen-bond donors (Lipinski definition) is 5. The van der Waals surface area contributed by atoms with Crippen molar-refractivity contribution in [3.63, 3.8) is 0 Å². The molecule has 1 aromatic carbocycles. The van der Waals surface area contributed by atoms with Crippen molar-refractivity contribution in [1.82, 2.24) is 35.6 Å². The number of amides is 6. The lowest BCUT2D eigenvalue weighted by Gasteiger charge is -2.41. The molecular formula is C55H91N9O9S. The van der Waals surface area contributed by atoms with Gasteiger partial charge in [-0.3, -0.25) is 33.7 Å². The molecule has 2 heterocycles. The van der Waals surface area contributed by atoms with E-state index in [1.165, 1.54) is 11.3 Å². The summed E-state index contributed by atoms with van der Waals surface area (Å²) in [6, 6.07) is 3.60. The van der Waals surface area contributed by atoms with Gasteiger partial charge in [-0.2, -0.15) is 0 Å². The van der Waals surface area contributed by atoms with Crippen molar-refractivity contribution in [2.24, 2.45) is 47.0 Å². The van der Waals surface area contributed by atoms with Gasteiger partial charge >= 0.3 is 6.03 Å². The Bertz CT molecular complexity index is 2100. The first-order valence-electron chi connectivity index (χ1n) is 26.6. The van der Waals surface area contributed by atoms with Gasteiger partial charge in [0.2, 0.25) is 23.6 Å². The number of nitrogens with two attached hydrogens (primary N) is 2. The molecule has 0 radical (unpaired) electrons. The van der Waals surface area contributed by atoms with Crippen molar-refractivity contribution < 1.29 is 43.0 Å². The van der Waals surface area contributed by atoms with Gasteiger partial charge in [0, 0.05) is 64.7 Å². The van der Waals surface area contributed by atoms with E-state index >= 15 is 0 Å². The average molecular weight is 1050 g/mol. The summed E-state index contributed by atoms with van der Waals surface area (Å²) in [5, 5.41) is 11.1. The highest BCUT2D eigenvalue weighted by atomic mass is 32.1. The van der Waals surface area contributed by atoms with Crippen LogP contribution in [0.3, 0.4) is 0 Å². The zero-order valence-corrected chi connectivity index (χ0v) is 47.7. The Kier molecular flexibility index (Phi) is 26.3. The lowest BCUT2D eigenvalue weighted by Crippen LogP contribution is -2.54. The first-order valence-corrected chi connectivity index (χ1v) is 27.5. The molecule has 1 aromatic heterocycles. The number of aromatic nitrogens is 1. The fourth-order valence-corrected chi connectivity index (χ4v) is 11.1. The number of carbonyl (C=O) groups excluding carboxylic acids is 7. The summed E-state index contributed by atoms with van der Waals surface area (Å²) in [6.45, 7) is 18.3. The Morgan fingerprint density at radius 1 is 0.851 bits per heavy atom. The monoisotopic (exact) mass is 1050 g/mol. The van der Waals surface area contributed by atoms with Gasteiger partial charge in [0.1, 0.15) is 5.01 Å². The Balaban J connectivity index is 1.77. The number of hydrogen-bond acceptors (Lipinski definition) is 13. The minimum absolute atomic E-state index is 0.0112. The Hall–Kier alpha value is -4.82. The lowest BCUT2D eigenvalue weighted by molar-refractivity contribution is -0.149. The first kappa shape index (κ1) is 63.5. The minimum Gasteiger partial charge on any atom is -0.379 e. The van der Waals surface area contributed by atoms with E-state index in [2.05, 4.69) is 34.8 Å². The number of benzene rings is 1. The number of urea groups is 1. The maximum Gasteiger partial charge on any atom is 0.312 e. The summed E-state index contributed by atoms with van der Waals surface area (Å²) in [5.74, 6) is -2.53. The van der Waals surface area contributed by atoms with Crippen molar-refractivity contribution >= 4 is 52.6 Å². The van der Waals surface area contributed by atoms with Crippen LogP contribution in [0, 0.1) is 35.5 Å². The summed E-state index contributed by atoms with van der Waals surface area (Å²) in [5.41, 5.74) is 12.9. The van der Waals surface area contributed by atoms with Crippen molar-refractivity contribution in [3.8, 4) is 0 Å². The fraction of sp³-hybridized carbons (Fsp3) is 0.709. The number of nitrogens with zero attached hydrogens (tertiary/aromatic N) is 4. The summed E-state index contributed by atoms with van der Waals surface area (Å²) >= 11 is 1.42. The Morgan fingerprint density at radius 3 is 2.03 bits per heavy atom. The highest BCUT2D eigenvalue weighted by Crippen LogP contribution is 2.32. The number of primary amides is 1. The molecule has 7 N–H and O–H groups in total. The van der Waals surface area contributed by atoms with E-state index in [1.807, 2.05) is 102 Å². The molecule has 0 unspecified atom stereocenters. The van der Waals surface area contributed by atoms with Crippen LogP contribution in [0.1, 0.15) is 129 Å². The molecule has 74 heavy (non-hydrogen) atoms. The van der Waals surface area contributed by atoms with E-state index in [0.717, 1.165) is 24.0 Å². The number of ether oxygens (including phenoxy) is 2. The number of Topliss-reactive ketones (excluding diaryl/α,β-unsaturated/α-hetero) is 2. The van der Waals surface area contributed by atoms with Crippen molar-refractivity contribution in [3.05, 3.63) is 52.0 Å². The van der Waals surface area contributed by atoms with E-state index in [4.69, 9.17) is 20.9 Å². The molecule has 0 aliphatic carbocycles. The molecule has 11 atom stereocenters. The predicted molar refractivity (Wildman–Crippen MR) is 290 cm³/mol. The third kappa shape index (κ3) is 18.2. The van der Waals surface area contributed by atoms with Gasteiger partial charge in [-0.05, 0) is 81.0 Å². The van der Waals surface area contributed by atoms with E-state index in [1.54, 1.807) is 32.4 Å². The second-order valence-electron chi connectivity index (χ2n) is 21.6. The third-order valence-corrected chi connectivity index (χ3v) is 15.8. The number of carbonyl (C=O) groups is 7. The van der Waals surface area contributed by atoms with E-state index in [9.17, 15) is 33.6 Å². The molecule has 1 fully saturated rings. The van der Waals surface area contributed by atoms with Gasteiger partial charge in [-0.15, -0.1) is 11.3 Å². The summed E-state index contributed by atoms with van der Waals surface area (Å²) in [4.78, 5) is 105. The fourth-order valence-electron chi connectivity index (χ4n) is 10.4. The summed E-state index contributed by atoms with van der Waals surface area (Å²) < 4.78 is 12.2. The van der Waals surface area contributed by atoms with Gasteiger partial charge < -0.3 is 46.7 Å². The lowest BCUT2D eigenvalue weighted by atomic mass is 9.83. The third-order valence-electron chi connectivity index (χ3n) is 14.9. The van der Waals surface area contributed by atoms with Crippen molar-refractivity contribution in [2.75, 3.05) is 48.5 Å². The molecule has 1 aliphatic heterocycles. The number of thiazole rings is 1. The van der Waals surface area contributed by atoms with Gasteiger partial charge in [0.05, 0.1) is 60.8 Å². The molecule has 6 amide bonds. The van der Waals surface area contributed by atoms with Crippen molar-refractivity contribution in [1.29, 1.82) is 0 Å². The molecule has 0 saturated carbocycles. The average Bonchev–Trinajstić information content (AvgIpc) is 4.07. The van der Waals surface area contributed by atoms with Crippen LogP contribution in [0.5, 0.6) is 0 Å². The molecule has 0 bridgehead atoms. The van der Waals surface area contributed by atoms with Gasteiger partial charge in [-0.1, -0.05) is 93.0 Å². The molecule has 3 rings (SSSR count). The second-order valence-corrected chi connectivity index (χ2v) is 22.5. The first-order chi connectivity index (χ1) is 34.9. The smallest absolute Gasteiger partial charge is 0.312 e. The SMILES string of the molecule is CC[C@H](C)[C@@H]([C@@H](CC(=O)N1CCC[C@H]1[C@H](OC)[C@@H](C)C(=O)N[C@@H](Cc1ccc(CC(=O)[C@H](CCCNC(N)=O)NC(=O)[C@@H](N)C(C)C)cc1)c1nccs1)OC)N(C)C(=O)[C@@H](CC(=O)[C@H](C(C)C)N(C)C)C(C)C. The summed E-state index contributed by atoms with van der Waals surface area (Å²) in [7, 11) is 8.68. The number of rotatable bonds is 32. The largest absolute Gasteiger partial charge is 0.379 e. The number of likely N-dealkylation sites (tertiary alicyclic amines) is 1. The molecule has 1 saturated heterocycles. The van der Waals surface area contributed by atoms with Crippen LogP contribution in [0.25, 0.3) is 0 Å². The molecule has 18 nitrogen and oxygen atoms in total. The van der Waals surface area contributed by atoms with E-state index in [-0.39, 0.29) is 91.2 Å². The van der Waals surface area contributed by atoms with Crippen LogP contribution in [0.4, 0.5) is 4.79 Å². The maximum absolute atomic E-state index is 14.5. The van der Waals surface area contributed by atoms with Crippen molar-refractivity contribution in [2.45, 2.75) is 169 Å². The van der Waals surface area contributed by atoms with Crippen LogP contribution >= 0.6 is 11.3 Å². The summed E-state index contributed by atoms with van der Waals surface area (Å²) in [6.07, 6.45) is 3.79. The molecule has 1 aliphatic rings. The maximum atomic E-state index is 14.5. The quantitative estimate of drug-likeness (QED) is 0.0586. The highest BCUT2D eigenvalue weighted by molar-refractivity contribution is 7.09. The highest BCUT2D eigenvalue weighted by Gasteiger charge is 2.43. The van der Waals surface area contributed by atoms with Crippen LogP contribution in [-0.2, 0) is 51.1 Å². The number of methoxy groups -OCH3 is 2. The predicted octanol–water partition coefficient (Wildman–Crippen LogP) is 5.31. The van der Waals surface area contributed by atoms with Gasteiger partial charge in [0.25, 0.3) is 0 Å². The van der Waals surface area contributed by atoms with Gasteiger partial charge in [-0.25, -0.2) is 9.78 Å². The minimum atomic E-state index is -0.814. The van der Waals surface area contributed by atoms with Crippen LogP contribution in [0.2, 0.25) is 0 Å². The van der Waals surface area contributed by atoms with E-state index < -0.39 is 66.2 Å². The second kappa shape index (κ2) is 30.7. The zero-order chi connectivity index (χ0) is 55.6. The number of ketones is 2. The van der Waals surface area contributed by atoms with Gasteiger partial charge in [0.15, 0.2) is 11.6 Å². The van der Waals surface area contributed by atoms with E-state index in [0.29, 0.717) is 30.8 Å². The Morgan fingerprint density at radius 2 is 1.50 bits per heavy atom. The molecule has 2 aromatic rings. The molecular weight excluding hydrogens is 963 g/mol. The molecule has 0 spiro atoms. The standard InChI is InChI=1S/C55H91N9O9S/c1-15-35(8)49(63(12)54(70)39(32(2)3)30-44(66)48(34(6)7)62(10)11)45(72-13)31-46(67)64-26-17-19-42(64)50(73-14)36(9)51(68)61-41(53-58-25-27-74-53)28-37-20-22-38(23-21-37)29-43(65)40(18-16-24-59-55(57)71)60-52(69)47(56)33(4)5/h20-23,25,27,32-36,39-42,45,47-50H,15-19,24,26,28-31,56H2,1-14H3,(H,60,69)(H,61,68)(H3,57,59,71)/t35-,36+,39-,40-,41-,42-,45+,47-,48-,49-,50+/m0/s1. The molecule has 416 valence electrons. The van der Waals surface area contributed by atoms with Crippen LogP contribution in [-0.4, -0.2) is 152 Å². The topological polar surface area (TPSA) is 249 Å².